The predicted octanol–water partition coefficient (Wildman–Crippen LogP) is 4.63. The molecule has 0 aliphatic carbocycles. The molecular weight excluding hydrogens is 407 g/mol. The molecule has 0 amide bonds. The van der Waals surface area contributed by atoms with Crippen LogP contribution in [-0.4, -0.2) is 63.9 Å². The summed E-state index contributed by atoms with van der Waals surface area (Å²) in [5.41, 5.74) is 2.17. The first kappa shape index (κ1) is 24.3. The Hall–Kier alpha value is -2.31. The molecule has 3 rings (SSSR count). The molecule has 0 saturated carbocycles. The van der Waals surface area contributed by atoms with Crippen molar-refractivity contribution in [2.45, 2.75) is 32.7 Å². The lowest BCUT2D eigenvalue weighted by molar-refractivity contribution is 0.132. The number of hydrogen-bond donors (Lipinski definition) is 0. The normalized spacial score (nSPS) is 16.9. The molecular formula is C26H37FN2O3. The second-order valence-corrected chi connectivity index (χ2v) is 8.54. The van der Waals surface area contributed by atoms with Gasteiger partial charge < -0.3 is 19.1 Å². The largest absolute Gasteiger partial charge is 0.496 e. The Balaban J connectivity index is 1.59. The van der Waals surface area contributed by atoms with Gasteiger partial charge in [-0.1, -0.05) is 19.1 Å². The third-order valence-corrected chi connectivity index (χ3v) is 6.35. The number of ether oxygens (including phenoxy) is 3. The Labute approximate surface area is 192 Å². The molecule has 1 aliphatic rings. The van der Waals surface area contributed by atoms with Gasteiger partial charge >= 0.3 is 0 Å². The van der Waals surface area contributed by atoms with E-state index in [0.717, 1.165) is 68.3 Å². The fourth-order valence-corrected chi connectivity index (χ4v) is 4.61. The second kappa shape index (κ2) is 12.1. The molecule has 2 aromatic rings. The second-order valence-electron chi connectivity index (χ2n) is 8.54. The number of nitrogens with zero attached hydrogens (tertiary/aromatic N) is 2. The van der Waals surface area contributed by atoms with E-state index < -0.39 is 0 Å². The number of halogens is 1. The molecule has 6 heteroatoms. The molecule has 0 N–H and O–H groups in total. The molecule has 32 heavy (non-hydrogen) atoms. The summed E-state index contributed by atoms with van der Waals surface area (Å²) in [5, 5.41) is 0. The maximum atomic E-state index is 13.5. The van der Waals surface area contributed by atoms with Crippen molar-refractivity contribution in [2.75, 3.05) is 54.1 Å². The number of rotatable bonds is 11. The fourth-order valence-electron chi connectivity index (χ4n) is 4.61. The molecule has 0 spiro atoms. The lowest BCUT2D eigenvalue weighted by Crippen LogP contribution is -2.41. The Morgan fingerprint density at radius 2 is 1.78 bits per heavy atom. The van der Waals surface area contributed by atoms with Crippen LogP contribution in [-0.2, 0) is 13.0 Å². The zero-order valence-electron chi connectivity index (χ0n) is 19.9. The molecule has 1 saturated heterocycles. The van der Waals surface area contributed by atoms with E-state index in [9.17, 15) is 4.39 Å². The molecule has 1 heterocycles. The third-order valence-electron chi connectivity index (χ3n) is 6.35. The number of methoxy groups -OCH3 is 3. The first-order valence-corrected chi connectivity index (χ1v) is 11.5. The van der Waals surface area contributed by atoms with E-state index in [4.69, 9.17) is 14.2 Å². The smallest absolute Gasteiger partial charge is 0.164 e. The highest BCUT2D eigenvalue weighted by molar-refractivity contribution is 5.50. The van der Waals surface area contributed by atoms with Crippen molar-refractivity contribution >= 4 is 0 Å². The lowest BCUT2D eigenvalue weighted by Gasteiger charge is -2.35. The van der Waals surface area contributed by atoms with Gasteiger partial charge in [0, 0.05) is 37.8 Å². The van der Waals surface area contributed by atoms with Crippen molar-refractivity contribution in [3.05, 3.63) is 53.3 Å². The van der Waals surface area contributed by atoms with Crippen molar-refractivity contribution in [3.63, 3.8) is 0 Å². The van der Waals surface area contributed by atoms with Crippen LogP contribution < -0.4 is 14.2 Å². The van der Waals surface area contributed by atoms with E-state index in [1.807, 2.05) is 18.2 Å². The monoisotopic (exact) mass is 444 g/mol. The summed E-state index contributed by atoms with van der Waals surface area (Å²) in [4.78, 5) is 5.01. The Morgan fingerprint density at radius 3 is 2.47 bits per heavy atom. The minimum absolute atomic E-state index is 0.150. The summed E-state index contributed by atoms with van der Waals surface area (Å²) in [5.74, 6) is 2.70. The summed E-state index contributed by atoms with van der Waals surface area (Å²) in [6.07, 6.45) is 3.35. The van der Waals surface area contributed by atoms with Crippen LogP contribution >= 0.6 is 0 Å². The molecule has 0 aromatic heterocycles. The summed E-state index contributed by atoms with van der Waals surface area (Å²) in [6, 6.07) is 10.9. The van der Waals surface area contributed by atoms with E-state index >= 15 is 0 Å². The summed E-state index contributed by atoms with van der Waals surface area (Å²) < 4.78 is 30.0. The van der Waals surface area contributed by atoms with Crippen LogP contribution in [0.25, 0.3) is 0 Å². The molecule has 2 aromatic carbocycles. The summed E-state index contributed by atoms with van der Waals surface area (Å²) in [7, 11) is 4.99. The van der Waals surface area contributed by atoms with Gasteiger partial charge in [-0.25, -0.2) is 4.39 Å². The van der Waals surface area contributed by atoms with Gasteiger partial charge in [-0.05, 0) is 62.0 Å². The topological polar surface area (TPSA) is 34.2 Å². The molecule has 176 valence electrons. The summed E-state index contributed by atoms with van der Waals surface area (Å²) >= 11 is 0. The number of hydrogen-bond acceptors (Lipinski definition) is 5. The van der Waals surface area contributed by atoms with Crippen LogP contribution in [0.15, 0.2) is 36.4 Å². The lowest BCUT2D eigenvalue weighted by atomic mass is 9.96. The van der Waals surface area contributed by atoms with Gasteiger partial charge in [-0.2, -0.15) is 0 Å². The maximum absolute atomic E-state index is 13.5. The average molecular weight is 445 g/mol. The van der Waals surface area contributed by atoms with E-state index in [0.29, 0.717) is 11.7 Å². The molecule has 1 fully saturated rings. The van der Waals surface area contributed by atoms with Gasteiger partial charge in [0.15, 0.2) is 11.5 Å². The zero-order valence-corrected chi connectivity index (χ0v) is 19.9. The van der Waals surface area contributed by atoms with Crippen molar-refractivity contribution in [2.24, 2.45) is 5.92 Å². The molecule has 1 aliphatic heterocycles. The van der Waals surface area contributed by atoms with Gasteiger partial charge in [-0.15, -0.1) is 0 Å². The Bertz CT molecular complexity index is 861. The van der Waals surface area contributed by atoms with Crippen molar-refractivity contribution < 1.29 is 18.6 Å². The van der Waals surface area contributed by atoms with Crippen LogP contribution in [0.5, 0.6) is 17.2 Å². The highest BCUT2D eigenvalue weighted by atomic mass is 19.1. The summed E-state index contributed by atoms with van der Waals surface area (Å²) in [6.45, 7) is 8.23. The highest BCUT2D eigenvalue weighted by Crippen LogP contribution is 2.35. The van der Waals surface area contributed by atoms with Gasteiger partial charge in [0.25, 0.3) is 0 Å². The fraction of sp³-hybridized carbons (Fsp3) is 0.538. The maximum Gasteiger partial charge on any atom is 0.164 e. The van der Waals surface area contributed by atoms with Crippen LogP contribution in [0, 0.1) is 11.7 Å². The minimum Gasteiger partial charge on any atom is -0.496 e. The number of benzene rings is 2. The van der Waals surface area contributed by atoms with Gasteiger partial charge in [-0.3, -0.25) is 4.90 Å². The molecule has 0 bridgehead atoms. The molecule has 1 atom stereocenters. The Kier molecular flexibility index (Phi) is 9.18. The predicted molar refractivity (Wildman–Crippen MR) is 126 cm³/mol. The number of piperidine rings is 1. The zero-order chi connectivity index (χ0) is 22.9. The molecule has 0 radical (unpaired) electrons. The Morgan fingerprint density at radius 1 is 1.03 bits per heavy atom. The van der Waals surface area contributed by atoms with Gasteiger partial charge in [0.05, 0.1) is 21.3 Å². The van der Waals surface area contributed by atoms with E-state index in [-0.39, 0.29) is 5.82 Å². The molecule has 0 unspecified atom stereocenters. The van der Waals surface area contributed by atoms with Crippen LogP contribution in [0.2, 0.25) is 0 Å². The SMILES string of the molecule is CCN(Cc1cc(OC)c(OC)cc1OC)C[C@@H]1CCCN(CCc2cccc(F)c2)C1. The van der Waals surface area contributed by atoms with E-state index in [1.54, 1.807) is 33.5 Å². The standard InChI is InChI=1S/C26H37FN2O3/c1-5-28(19-22-15-25(31-3)26(32-4)16-24(22)30-2)17-21-9-7-12-29(18-21)13-11-20-8-6-10-23(27)14-20/h6,8,10,14-16,21H,5,7,9,11-13,17-19H2,1-4H3/t21-/m0/s1. The third kappa shape index (κ3) is 6.59. The highest BCUT2D eigenvalue weighted by Gasteiger charge is 2.23. The van der Waals surface area contributed by atoms with Gasteiger partial charge in [0.1, 0.15) is 11.6 Å². The first-order chi connectivity index (χ1) is 15.6. The van der Waals surface area contributed by atoms with Crippen LogP contribution in [0.3, 0.4) is 0 Å². The molecule has 5 nitrogen and oxygen atoms in total. The first-order valence-electron chi connectivity index (χ1n) is 11.5. The van der Waals surface area contributed by atoms with E-state index in [2.05, 4.69) is 16.7 Å². The van der Waals surface area contributed by atoms with Crippen LogP contribution in [0.1, 0.15) is 30.9 Å². The van der Waals surface area contributed by atoms with E-state index in [1.165, 1.54) is 18.9 Å². The average Bonchev–Trinajstić information content (AvgIpc) is 2.82. The van der Waals surface area contributed by atoms with Crippen molar-refractivity contribution in [1.82, 2.24) is 9.80 Å². The van der Waals surface area contributed by atoms with Crippen molar-refractivity contribution in [3.8, 4) is 17.2 Å². The number of likely N-dealkylation sites (tertiary alicyclic amines) is 1. The van der Waals surface area contributed by atoms with Gasteiger partial charge in [0.2, 0.25) is 0 Å². The van der Waals surface area contributed by atoms with Crippen LogP contribution in [0.4, 0.5) is 4.39 Å². The quantitative estimate of drug-likeness (QED) is 0.505. The minimum atomic E-state index is -0.150. The van der Waals surface area contributed by atoms with Crippen molar-refractivity contribution in [1.29, 1.82) is 0 Å².